The lowest BCUT2D eigenvalue weighted by molar-refractivity contribution is -0.122. The fourth-order valence-electron chi connectivity index (χ4n) is 2.36. The summed E-state index contributed by atoms with van der Waals surface area (Å²) in [6, 6.07) is 4.52. The van der Waals surface area contributed by atoms with Crippen LogP contribution in [0.5, 0.6) is 0 Å². The second-order valence-corrected chi connectivity index (χ2v) is 5.74. The maximum atomic E-state index is 11.0. The molecule has 4 nitrogen and oxygen atoms in total. The Balaban J connectivity index is 1.75. The molecule has 0 aliphatic heterocycles. The monoisotopic (exact) mass is 263 g/mol. The number of carbonyl (C=O) groups excluding carboxylic acids is 1. The molecule has 0 unspecified atom stereocenters. The Hall–Kier alpha value is -1.38. The van der Waals surface area contributed by atoms with Crippen LogP contribution in [0.25, 0.3) is 0 Å². The van der Waals surface area contributed by atoms with Crippen molar-refractivity contribution in [3.8, 4) is 6.07 Å². The van der Waals surface area contributed by atoms with Crippen LogP contribution in [0.1, 0.15) is 36.1 Å². The third kappa shape index (κ3) is 3.31. The Labute approximate surface area is 111 Å². The van der Waals surface area contributed by atoms with Gasteiger partial charge in [0.2, 0.25) is 5.91 Å². The first-order valence-electron chi connectivity index (χ1n) is 6.19. The van der Waals surface area contributed by atoms with E-state index in [1.165, 1.54) is 4.88 Å². The first-order valence-corrected chi connectivity index (χ1v) is 7.07. The molecule has 0 saturated heterocycles. The highest BCUT2D eigenvalue weighted by molar-refractivity contribution is 7.10. The largest absolute Gasteiger partial charge is 0.369 e. The van der Waals surface area contributed by atoms with Crippen LogP contribution >= 0.6 is 11.3 Å². The van der Waals surface area contributed by atoms with Crippen molar-refractivity contribution in [2.24, 2.45) is 11.7 Å². The van der Waals surface area contributed by atoms with Gasteiger partial charge < -0.3 is 11.1 Å². The Bertz CT molecular complexity index is 455. The molecular formula is C13H17N3OS. The van der Waals surface area contributed by atoms with Gasteiger partial charge in [-0.1, -0.05) is 0 Å². The summed E-state index contributed by atoms with van der Waals surface area (Å²) in [4.78, 5) is 12.2. The molecule has 2 rings (SSSR count). The highest BCUT2D eigenvalue weighted by atomic mass is 32.1. The van der Waals surface area contributed by atoms with Crippen molar-refractivity contribution < 1.29 is 4.79 Å². The van der Waals surface area contributed by atoms with Gasteiger partial charge in [-0.25, -0.2) is 0 Å². The van der Waals surface area contributed by atoms with E-state index < -0.39 is 0 Å². The number of rotatable bonds is 4. The Morgan fingerprint density at radius 2 is 2.22 bits per heavy atom. The lowest BCUT2D eigenvalue weighted by Crippen LogP contribution is -2.36. The Morgan fingerprint density at radius 1 is 1.50 bits per heavy atom. The van der Waals surface area contributed by atoms with E-state index in [2.05, 4.69) is 11.4 Å². The van der Waals surface area contributed by atoms with E-state index in [9.17, 15) is 4.79 Å². The van der Waals surface area contributed by atoms with Gasteiger partial charge in [0.1, 0.15) is 6.07 Å². The van der Waals surface area contributed by atoms with Crippen LogP contribution in [0.3, 0.4) is 0 Å². The van der Waals surface area contributed by atoms with Gasteiger partial charge in [0, 0.05) is 28.8 Å². The number of nitrogens with one attached hydrogen (secondary N) is 1. The van der Waals surface area contributed by atoms with E-state index in [1.807, 2.05) is 11.4 Å². The van der Waals surface area contributed by atoms with E-state index in [1.54, 1.807) is 11.3 Å². The molecule has 1 saturated carbocycles. The normalized spacial score (nSPS) is 23.5. The number of hydrogen-bond acceptors (Lipinski definition) is 4. The second-order valence-electron chi connectivity index (χ2n) is 4.75. The average Bonchev–Trinajstić information content (AvgIpc) is 2.85. The molecule has 1 aromatic rings. The molecule has 1 aromatic heterocycles. The zero-order valence-corrected chi connectivity index (χ0v) is 11.0. The smallest absolute Gasteiger partial charge is 0.220 e. The quantitative estimate of drug-likeness (QED) is 0.868. The summed E-state index contributed by atoms with van der Waals surface area (Å²) in [5.74, 6) is -0.0969. The van der Waals surface area contributed by atoms with Crippen molar-refractivity contribution >= 4 is 17.2 Å². The molecule has 1 aliphatic rings. The zero-order valence-electron chi connectivity index (χ0n) is 10.2. The highest BCUT2D eigenvalue weighted by Crippen LogP contribution is 2.24. The first-order chi connectivity index (χ1) is 8.69. The number of nitrogens with two attached hydrogens (primary N) is 1. The van der Waals surface area contributed by atoms with Gasteiger partial charge in [-0.2, -0.15) is 5.26 Å². The Kier molecular flexibility index (Phi) is 4.34. The molecule has 0 radical (unpaired) electrons. The molecule has 18 heavy (non-hydrogen) atoms. The molecule has 1 amide bonds. The average molecular weight is 263 g/mol. The van der Waals surface area contributed by atoms with Crippen LogP contribution in [-0.2, 0) is 11.3 Å². The fraction of sp³-hybridized carbons (Fsp3) is 0.538. The predicted molar refractivity (Wildman–Crippen MR) is 70.8 cm³/mol. The van der Waals surface area contributed by atoms with Gasteiger partial charge in [-0.05, 0) is 31.7 Å². The maximum absolute atomic E-state index is 11.0. The van der Waals surface area contributed by atoms with Crippen molar-refractivity contribution in [2.45, 2.75) is 38.3 Å². The van der Waals surface area contributed by atoms with Crippen LogP contribution in [0.2, 0.25) is 0 Å². The Morgan fingerprint density at radius 3 is 2.78 bits per heavy atom. The summed E-state index contributed by atoms with van der Waals surface area (Å²) in [6.07, 6.45) is 3.79. The second kappa shape index (κ2) is 5.98. The number of primary amides is 1. The number of carbonyl (C=O) groups is 1. The molecule has 1 heterocycles. The number of nitrogens with zero attached hydrogens (tertiary/aromatic N) is 1. The van der Waals surface area contributed by atoms with Crippen molar-refractivity contribution in [1.29, 1.82) is 5.26 Å². The van der Waals surface area contributed by atoms with E-state index in [0.29, 0.717) is 6.04 Å². The molecule has 0 bridgehead atoms. The molecule has 0 atom stereocenters. The van der Waals surface area contributed by atoms with Gasteiger partial charge in [0.15, 0.2) is 0 Å². The summed E-state index contributed by atoms with van der Waals surface area (Å²) < 4.78 is 0. The number of amides is 1. The summed E-state index contributed by atoms with van der Waals surface area (Å²) >= 11 is 1.61. The van der Waals surface area contributed by atoms with Gasteiger partial charge >= 0.3 is 0 Å². The molecule has 3 N–H and O–H groups in total. The van der Waals surface area contributed by atoms with Crippen LogP contribution in [0.4, 0.5) is 0 Å². The molecular weight excluding hydrogens is 246 g/mol. The minimum absolute atomic E-state index is 0.0648. The zero-order chi connectivity index (χ0) is 13.0. The summed E-state index contributed by atoms with van der Waals surface area (Å²) in [7, 11) is 0. The van der Waals surface area contributed by atoms with E-state index in [0.717, 1.165) is 37.8 Å². The maximum Gasteiger partial charge on any atom is 0.220 e. The van der Waals surface area contributed by atoms with Crippen molar-refractivity contribution in [2.75, 3.05) is 0 Å². The van der Waals surface area contributed by atoms with Crippen molar-refractivity contribution in [3.63, 3.8) is 0 Å². The lowest BCUT2D eigenvalue weighted by Gasteiger charge is -2.27. The van der Waals surface area contributed by atoms with Crippen LogP contribution in [0.15, 0.2) is 11.4 Å². The molecule has 0 aromatic carbocycles. The number of thiophene rings is 1. The molecule has 5 heteroatoms. The molecule has 0 spiro atoms. The summed E-state index contributed by atoms with van der Waals surface area (Å²) in [5.41, 5.74) is 6.04. The van der Waals surface area contributed by atoms with Crippen LogP contribution < -0.4 is 11.1 Å². The summed E-state index contributed by atoms with van der Waals surface area (Å²) in [5, 5.41) is 14.1. The van der Waals surface area contributed by atoms with Crippen LogP contribution in [0, 0.1) is 17.2 Å². The standard InChI is InChI=1S/C13H17N3OS/c14-6-9-5-12(18-8-9)7-16-11-3-1-10(2-4-11)13(15)17/h5,8,10-11,16H,1-4,7H2,(H2,15,17). The minimum atomic E-state index is -0.162. The molecule has 1 fully saturated rings. The highest BCUT2D eigenvalue weighted by Gasteiger charge is 2.24. The summed E-state index contributed by atoms with van der Waals surface area (Å²) in [6.45, 7) is 0.804. The first kappa shape index (κ1) is 13.1. The van der Waals surface area contributed by atoms with E-state index in [4.69, 9.17) is 11.0 Å². The SMILES string of the molecule is N#Cc1csc(CNC2CCC(C(N)=O)CC2)c1. The van der Waals surface area contributed by atoms with Gasteiger partial charge in [-0.3, -0.25) is 4.79 Å². The van der Waals surface area contributed by atoms with Gasteiger partial charge in [-0.15, -0.1) is 11.3 Å². The van der Waals surface area contributed by atoms with Crippen LogP contribution in [-0.4, -0.2) is 11.9 Å². The fourth-order valence-corrected chi connectivity index (χ4v) is 3.12. The number of nitriles is 1. The number of hydrogen-bond donors (Lipinski definition) is 2. The molecule has 1 aliphatic carbocycles. The van der Waals surface area contributed by atoms with Gasteiger partial charge in [0.05, 0.1) is 5.56 Å². The topological polar surface area (TPSA) is 78.9 Å². The third-order valence-corrected chi connectivity index (χ3v) is 4.41. The minimum Gasteiger partial charge on any atom is -0.369 e. The van der Waals surface area contributed by atoms with E-state index in [-0.39, 0.29) is 11.8 Å². The van der Waals surface area contributed by atoms with Crippen molar-refractivity contribution in [3.05, 3.63) is 21.9 Å². The van der Waals surface area contributed by atoms with Crippen molar-refractivity contribution in [1.82, 2.24) is 5.32 Å². The van der Waals surface area contributed by atoms with E-state index >= 15 is 0 Å². The third-order valence-electron chi connectivity index (χ3n) is 3.48. The lowest BCUT2D eigenvalue weighted by atomic mass is 9.85. The van der Waals surface area contributed by atoms with Gasteiger partial charge in [0.25, 0.3) is 0 Å². The predicted octanol–water partition coefficient (Wildman–Crippen LogP) is 1.75. The molecule has 96 valence electrons.